The quantitative estimate of drug-likeness (QED) is 0.847. The number of carbonyl (C=O) groups excluding carboxylic acids is 1. The van der Waals surface area contributed by atoms with Crippen LogP contribution < -0.4 is 0 Å². The van der Waals surface area contributed by atoms with Gasteiger partial charge in [-0.3, -0.25) is 9.69 Å². The summed E-state index contributed by atoms with van der Waals surface area (Å²) < 4.78 is 11.1. The molecule has 2 atom stereocenters. The van der Waals surface area contributed by atoms with Crippen molar-refractivity contribution in [1.82, 2.24) is 20.0 Å². The second kappa shape index (κ2) is 7.11. The lowest BCUT2D eigenvalue weighted by Crippen LogP contribution is -2.47. The van der Waals surface area contributed by atoms with Crippen LogP contribution in [0.5, 0.6) is 0 Å². The Hall–Kier alpha value is -2.25. The number of rotatable bonds is 4. The highest BCUT2D eigenvalue weighted by Crippen LogP contribution is 2.26. The second-order valence-electron chi connectivity index (χ2n) is 6.08. The van der Waals surface area contributed by atoms with E-state index in [1.807, 2.05) is 54.2 Å². The first-order valence-electron chi connectivity index (χ1n) is 7.98. The number of aromatic nitrogens is 2. The van der Waals surface area contributed by atoms with Gasteiger partial charge in [-0.25, -0.2) is 0 Å². The first-order valence-corrected chi connectivity index (χ1v) is 7.98. The Morgan fingerprint density at radius 3 is 2.67 bits per heavy atom. The molecular formula is C17H22N4O3. The van der Waals surface area contributed by atoms with Crippen molar-refractivity contribution in [2.24, 2.45) is 0 Å². The fourth-order valence-electron chi connectivity index (χ4n) is 2.91. The third-order valence-corrected chi connectivity index (χ3v) is 4.06. The molecule has 1 amide bonds. The van der Waals surface area contributed by atoms with Crippen molar-refractivity contribution in [3.8, 4) is 0 Å². The molecule has 1 aliphatic heterocycles. The fourth-order valence-corrected chi connectivity index (χ4v) is 2.91. The van der Waals surface area contributed by atoms with Gasteiger partial charge in [0.2, 0.25) is 17.7 Å². The number of hydrogen-bond acceptors (Lipinski definition) is 6. The van der Waals surface area contributed by atoms with Gasteiger partial charge in [-0.1, -0.05) is 30.3 Å². The van der Waals surface area contributed by atoms with E-state index in [9.17, 15) is 4.79 Å². The first kappa shape index (κ1) is 16.6. The standard InChI is InChI=1S/C17H22N4O3/c1-12-18-19-16(24-12)14-11-21(9-10-23-14)17(22)15(20(2)3)13-7-5-4-6-8-13/h4-8,14-15H,9-11H2,1-3H3. The lowest BCUT2D eigenvalue weighted by Gasteiger charge is -2.35. The molecule has 0 spiro atoms. The molecule has 2 heterocycles. The van der Waals surface area contributed by atoms with Gasteiger partial charge in [0.05, 0.1) is 13.2 Å². The summed E-state index contributed by atoms with van der Waals surface area (Å²) in [7, 11) is 3.82. The molecule has 1 aliphatic rings. The monoisotopic (exact) mass is 330 g/mol. The van der Waals surface area contributed by atoms with Crippen molar-refractivity contribution < 1.29 is 13.9 Å². The molecule has 0 bridgehead atoms. The Balaban J connectivity index is 1.77. The zero-order chi connectivity index (χ0) is 17.1. The Morgan fingerprint density at radius 1 is 1.29 bits per heavy atom. The van der Waals surface area contributed by atoms with Gasteiger partial charge in [0, 0.05) is 13.5 Å². The van der Waals surface area contributed by atoms with Gasteiger partial charge in [0.1, 0.15) is 6.04 Å². The molecule has 0 N–H and O–H groups in total. The summed E-state index contributed by atoms with van der Waals surface area (Å²) in [6.45, 7) is 3.16. The molecule has 24 heavy (non-hydrogen) atoms. The maximum atomic E-state index is 13.1. The van der Waals surface area contributed by atoms with E-state index in [2.05, 4.69) is 10.2 Å². The molecule has 2 unspecified atom stereocenters. The van der Waals surface area contributed by atoms with Crippen molar-refractivity contribution in [3.63, 3.8) is 0 Å². The predicted octanol–water partition coefficient (Wildman–Crippen LogP) is 1.58. The number of aryl methyl sites for hydroxylation is 1. The third-order valence-electron chi connectivity index (χ3n) is 4.06. The zero-order valence-electron chi connectivity index (χ0n) is 14.2. The van der Waals surface area contributed by atoms with E-state index in [0.29, 0.717) is 31.5 Å². The molecule has 7 heteroatoms. The average molecular weight is 330 g/mol. The number of hydrogen-bond donors (Lipinski definition) is 0. The largest absolute Gasteiger partial charge is 0.423 e. The summed E-state index contributed by atoms with van der Waals surface area (Å²) in [5.41, 5.74) is 0.976. The minimum absolute atomic E-state index is 0.0516. The van der Waals surface area contributed by atoms with Gasteiger partial charge in [-0.15, -0.1) is 10.2 Å². The van der Waals surface area contributed by atoms with E-state index in [-0.39, 0.29) is 18.1 Å². The third kappa shape index (κ3) is 3.47. The Kier molecular flexibility index (Phi) is 4.92. The topological polar surface area (TPSA) is 71.7 Å². The van der Waals surface area contributed by atoms with Gasteiger partial charge >= 0.3 is 0 Å². The van der Waals surface area contributed by atoms with Gasteiger partial charge in [-0.05, 0) is 19.7 Å². The van der Waals surface area contributed by atoms with E-state index >= 15 is 0 Å². The van der Waals surface area contributed by atoms with Crippen LogP contribution in [0, 0.1) is 6.92 Å². The summed E-state index contributed by atoms with van der Waals surface area (Å²) in [5, 5.41) is 7.85. The van der Waals surface area contributed by atoms with Gasteiger partial charge in [0.25, 0.3) is 0 Å². The van der Waals surface area contributed by atoms with Gasteiger partial charge in [-0.2, -0.15) is 0 Å². The van der Waals surface area contributed by atoms with Gasteiger partial charge in [0.15, 0.2) is 6.10 Å². The van der Waals surface area contributed by atoms with Crippen molar-refractivity contribution in [2.45, 2.75) is 19.1 Å². The highest BCUT2D eigenvalue weighted by atomic mass is 16.5. The predicted molar refractivity (Wildman–Crippen MR) is 87.2 cm³/mol. The molecular weight excluding hydrogens is 308 g/mol. The fraction of sp³-hybridized carbons (Fsp3) is 0.471. The molecule has 0 aliphatic carbocycles. The molecule has 1 fully saturated rings. The van der Waals surface area contributed by atoms with E-state index in [1.54, 1.807) is 6.92 Å². The molecule has 7 nitrogen and oxygen atoms in total. The number of likely N-dealkylation sites (N-methyl/N-ethyl adjacent to an activating group) is 1. The van der Waals surface area contributed by atoms with Crippen LogP contribution in [0.3, 0.4) is 0 Å². The Labute approximate surface area is 141 Å². The second-order valence-corrected chi connectivity index (χ2v) is 6.08. The van der Waals surface area contributed by atoms with E-state index in [1.165, 1.54) is 0 Å². The molecule has 1 aromatic heterocycles. The lowest BCUT2D eigenvalue weighted by atomic mass is 10.0. The molecule has 128 valence electrons. The molecule has 1 aromatic carbocycles. The highest BCUT2D eigenvalue weighted by Gasteiger charge is 2.33. The van der Waals surface area contributed by atoms with Crippen LogP contribution in [0.4, 0.5) is 0 Å². The number of carbonyl (C=O) groups is 1. The number of benzene rings is 1. The average Bonchev–Trinajstić information content (AvgIpc) is 3.02. The van der Waals surface area contributed by atoms with Crippen molar-refractivity contribution in [2.75, 3.05) is 33.8 Å². The van der Waals surface area contributed by atoms with Crippen LogP contribution in [0.2, 0.25) is 0 Å². The summed E-state index contributed by atoms with van der Waals surface area (Å²) in [6, 6.07) is 9.47. The van der Waals surface area contributed by atoms with Crippen molar-refractivity contribution in [3.05, 3.63) is 47.7 Å². The van der Waals surface area contributed by atoms with E-state index in [4.69, 9.17) is 9.15 Å². The van der Waals surface area contributed by atoms with Crippen LogP contribution in [-0.4, -0.2) is 59.7 Å². The van der Waals surface area contributed by atoms with Crippen molar-refractivity contribution in [1.29, 1.82) is 0 Å². The summed E-state index contributed by atoms with van der Waals surface area (Å²) in [6.07, 6.45) is -0.373. The number of morpholine rings is 1. The van der Waals surface area contributed by atoms with Gasteiger partial charge < -0.3 is 14.1 Å². The summed E-state index contributed by atoms with van der Waals surface area (Å²) in [4.78, 5) is 16.8. The number of ether oxygens (including phenoxy) is 1. The van der Waals surface area contributed by atoms with E-state index in [0.717, 1.165) is 5.56 Å². The SMILES string of the molecule is Cc1nnc(C2CN(C(=O)C(c3ccccc3)N(C)C)CCO2)o1. The molecule has 1 saturated heterocycles. The van der Waals surface area contributed by atoms with Crippen LogP contribution >= 0.6 is 0 Å². The first-order chi connectivity index (χ1) is 11.6. The van der Waals surface area contributed by atoms with E-state index < -0.39 is 0 Å². The molecule has 3 rings (SSSR count). The Bertz CT molecular complexity index is 686. The lowest BCUT2D eigenvalue weighted by molar-refractivity contribution is -0.145. The van der Waals surface area contributed by atoms with Crippen LogP contribution in [0.1, 0.15) is 29.5 Å². The number of amides is 1. The van der Waals surface area contributed by atoms with Crippen LogP contribution in [0.15, 0.2) is 34.7 Å². The Morgan fingerprint density at radius 2 is 2.04 bits per heavy atom. The minimum Gasteiger partial charge on any atom is -0.423 e. The normalized spacial score (nSPS) is 19.5. The zero-order valence-corrected chi connectivity index (χ0v) is 14.2. The smallest absolute Gasteiger partial charge is 0.246 e. The van der Waals surface area contributed by atoms with Crippen LogP contribution in [-0.2, 0) is 9.53 Å². The van der Waals surface area contributed by atoms with Crippen molar-refractivity contribution >= 4 is 5.91 Å². The minimum atomic E-state index is -0.373. The molecule has 2 aromatic rings. The summed E-state index contributed by atoms with van der Waals surface area (Å²) in [5.74, 6) is 0.967. The maximum absolute atomic E-state index is 13.1. The maximum Gasteiger partial charge on any atom is 0.246 e. The highest BCUT2D eigenvalue weighted by molar-refractivity contribution is 5.83. The molecule has 0 radical (unpaired) electrons. The summed E-state index contributed by atoms with van der Waals surface area (Å²) >= 11 is 0. The van der Waals surface area contributed by atoms with Crippen LogP contribution in [0.25, 0.3) is 0 Å². The molecule has 0 saturated carbocycles. The number of nitrogens with zero attached hydrogens (tertiary/aromatic N) is 4.